The Kier molecular flexibility index (Phi) is 10.0. The van der Waals surface area contributed by atoms with Gasteiger partial charge in [0.05, 0.1) is 38.6 Å². The minimum atomic E-state index is 0.128. The fourth-order valence-electron chi connectivity index (χ4n) is 1.84. The zero-order valence-electron chi connectivity index (χ0n) is 11.8. The number of halogens is 1. The third-order valence-corrected chi connectivity index (χ3v) is 3.87. The highest BCUT2D eigenvalue weighted by molar-refractivity contribution is 9.09. The standard InChI is InChI=1S/C13H25BrO5/c1-15-4-3-5-17-7-9-18-12-10-11(14)13(12)19-8-6-16-2/h11-13H,3-10H2,1-2H3. The van der Waals surface area contributed by atoms with Crippen molar-refractivity contribution >= 4 is 15.9 Å². The van der Waals surface area contributed by atoms with Crippen LogP contribution in [0.1, 0.15) is 12.8 Å². The van der Waals surface area contributed by atoms with Crippen LogP contribution in [0.5, 0.6) is 0 Å². The van der Waals surface area contributed by atoms with Crippen LogP contribution in [0, 0.1) is 0 Å². The first-order valence-corrected chi connectivity index (χ1v) is 7.64. The van der Waals surface area contributed by atoms with Crippen molar-refractivity contribution in [2.45, 2.75) is 29.9 Å². The summed E-state index contributed by atoms with van der Waals surface area (Å²) in [5.41, 5.74) is 0. The van der Waals surface area contributed by atoms with Gasteiger partial charge in [0.25, 0.3) is 0 Å². The van der Waals surface area contributed by atoms with Gasteiger partial charge in [-0.1, -0.05) is 15.9 Å². The van der Waals surface area contributed by atoms with Gasteiger partial charge in [-0.05, 0) is 12.8 Å². The van der Waals surface area contributed by atoms with Gasteiger partial charge in [-0.2, -0.15) is 0 Å². The molecule has 0 N–H and O–H groups in total. The Morgan fingerprint density at radius 1 is 0.895 bits per heavy atom. The predicted octanol–water partition coefficient (Wildman–Crippen LogP) is 1.62. The molecule has 0 aromatic heterocycles. The van der Waals surface area contributed by atoms with Gasteiger partial charge in [-0.25, -0.2) is 0 Å². The van der Waals surface area contributed by atoms with E-state index in [2.05, 4.69) is 15.9 Å². The lowest BCUT2D eigenvalue weighted by Crippen LogP contribution is -2.51. The lowest BCUT2D eigenvalue weighted by atomic mass is 9.91. The van der Waals surface area contributed by atoms with Gasteiger partial charge in [-0.3, -0.25) is 0 Å². The number of methoxy groups -OCH3 is 2. The Morgan fingerprint density at radius 3 is 2.32 bits per heavy atom. The molecule has 114 valence electrons. The maximum atomic E-state index is 5.75. The van der Waals surface area contributed by atoms with E-state index in [0.29, 0.717) is 31.3 Å². The average Bonchev–Trinajstić information content (AvgIpc) is 2.41. The number of alkyl halides is 1. The molecule has 0 saturated heterocycles. The molecule has 0 bridgehead atoms. The Hall–Kier alpha value is 0.280. The SMILES string of the molecule is COCCCOCCOC1CC(Br)C1OCCOC. The molecule has 1 aliphatic rings. The molecule has 1 aliphatic carbocycles. The van der Waals surface area contributed by atoms with Gasteiger partial charge in [0.15, 0.2) is 0 Å². The molecule has 19 heavy (non-hydrogen) atoms. The van der Waals surface area contributed by atoms with E-state index < -0.39 is 0 Å². The Bertz CT molecular complexity index is 217. The van der Waals surface area contributed by atoms with E-state index in [4.69, 9.17) is 23.7 Å². The van der Waals surface area contributed by atoms with E-state index in [9.17, 15) is 0 Å². The van der Waals surface area contributed by atoms with Crippen LogP contribution in [0.2, 0.25) is 0 Å². The highest BCUT2D eigenvalue weighted by Gasteiger charge is 2.41. The highest BCUT2D eigenvalue weighted by atomic mass is 79.9. The summed E-state index contributed by atoms with van der Waals surface area (Å²) < 4.78 is 26.8. The molecule has 0 radical (unpaired) electrons. The first-order chi connectivity index (χ1) is 9.29. The van der Waals surface area contributed by atoms with Crippen molar-refractivity contribution in [1.29, 1.82) is 0 Å². The van der Waals surface area contributed by atoms with Crippen LogP contribution in [-0.4, -0.2) is 70.9 Å². The van der Waals surface area contributed by atoms with Gasteiger partial charge >= 0.3 is 0 Å². The van der Waals surface area contributed by atoms with Crippen LogP contribution in [0.25, 0.3) is 0 Å². The van der Waals surface area contributed by atoms with Crippen LogP contribution in [0.4, 0.5) is 0 Å². The summed E-state index contributed by atoms with van der Waals surface area (Å²) >= 11 is 3.58. The Balaban J connectivity index is 1.96. The zero-order chi connectivity index (χ0) is 13.9. The monoisotopic (exact) mass is 340 g/mol. The minimum Gasteiger partial charge on any atom is -0.385 e. The van der Waals surface area contributed by atoms with Crippen molar-refractivity contribution in [2.24, 2.45) is 0 Å². The summed E-state index contributed by atoms with van der Waals surface area (Å²) in [5.74, 6) is 0. The molecule has 0 spiro atoms. The molecular weight excluding hydrogens is 316 g/mol. The van der Waals surface area contributed by atoms with E-state index in [-0.39, 0.29) is 12.2 Å². The highest BCUT2D eigenvalue weighted by Crippen LogP contribution is 2.33. The molecule has 1 fully saturated rings. The molecule has 0 amide bonds. The van der Waals surface area contributed by atoms with E-state index >= 15 is 0 Å². The Labute approximate surface area is 124 Å². The van der Waals surface area contributed by atoms with Gasteiger partial charge in [0.2, 0.25) is 0 Å². The third kappa shape index (κ3) is 7.02. The molecule has 3 atom stereocenters. The van der Waals surface area contributed by atoms with E-state index in [1.807, 2.05) is 0 Å². The number of ether oxygens (including phenoxy) is 5. The zero-order valence-corrected chi connectivity index (χ0v) is 13.4. The Morgan fingerprint density at radius 2 is 1.63 bits per heavy atom. The van der Waals surface area contributed by atoms with Crippen molar-refractivity contribution in [2.75, 3.05) is 53.9 Å². The van der Waals surface area contributed by atoms with Crippen LogP contribution in [0.15, 0.2) is 0 Å². The maximum Gasteiger partial charge on any atom is 0.0963 e. The molecule has 3 unspecified atom stereocenters. The van der Waals surface area contributed by atoms with Crippen molar-refractivity contribution in [3.05, 3.63) is 0 Å². The summed E-state index contributed by atoms with van der Waals surface area (Å²) in [5, 5.41) is 0. The average molecular weight is 341 g/mol. The summed E-state index contributed by atoms with van der Waals surface area (Å²) in [6.45, 7) is 3.92. The van der Waals surface area contributed by atoms with E-state index in [1.165, 1.54) is 0 Å². The quantitative estimate of drug-likeness (QED) is 0.399. The fraction of sp³-hybridized carbons (Fsp3) is 1.00. The van der Waals surface area contributed by atoms with Crippen LogP contribution < -0.4 is 0 Å². The normalized spacial score (nSPS) is 26.4. The second-order valence-electron chi connectivity index (χ2n) is 4.45. The van der Waals surface area contributed by atoms with E-state index in [0.717, 1.165) is 26.1 Å². The van der Waals surface area contributed by atoms with Crippen molar-refractivity contribution in [1.82, 2.24) is 0 Å². The number of hydrogen-bond acceptors (Lipinski definition) is 5. The molecule has 0 aromatic rings. The predicted molar refractivity (Wildman–Crippen MR) is 76.0 cm³/mol. The van der Waals surface area contributed by atoms with Gasteiger partial charge in [0.1, 0.15) is 0 Å². The molecule has 1 rings (SSSR count). The van der Waals surface area contributed by atoms with Crippen molar-refractivity contribution in [3.8, 4) is 0 Å². The summed E-state index contributed by atoms with van der Waals surface area (Å²) in [6, 6.07) is 0. The molecule has 1 saturated carbocycles. The second-order valence-corrected chi connectivity index (χ2v) is 5.62. The molecule has 6 heteroatoms. The first-order valence-electron chi connectivity index (χ1n) is 6.72. The maximum absolute atomic E-state index is 5.75. The third-order valence-electron chi connectivity index (χ3n) is 2.97. The van der Waals surface area contributed by atoms with Crippen LogP contribution in [0.3, 0.4) is 0 Å². The van der Waals surface area contributed by atoms with Crippen LogP contribution >= 0.6 is 15.9 Å². The van der Waals surface area contributed by atoms with Gasteiger partial charge < -0.3 is 23.7 Å². The van der Waals surface area contributed by atoms with E-state index in [1.54, 1.807) is 14.2 Å². The van der Waals surface area contributed by atoms with Crippen molar-refractivity contribution < 1.29 is 23.7 Å². The molecular formula is C13H25BrO5. The fourth-order valence-corrected chi connectivity index (χ4v) is 2.70. The first kappa shape index (κ1) is 17.3. The van der Waals surface area contributed by atoms with Crippen molar-refractivity contribution in [3.63, 3.8) is 0 Å². The largest absolute Gasteiger partial charge is 0.385 e. The molecule has 0 heterocycles. The number of rotatable bonds is 12. The summed E-state index contributed by atoms with van der Waals surface area (Å²) in [7, 11) is 3.37. The molecule has 0 aliphatic heterocycles. The van der Waals surface area contributed by atoms with Crippen LogP contribution in [-0.2, 0) is 23.7 Å². The topological polar surface area (TPSA) is 46.2 Å². The number of hydrogen-bond donors (Lipinski definition) is 0. The molecule has 5 nitrogen and oxygen atoms in total. The summed E-state index contributed by atoms with van der Waals surface area (Å²) in [4.78, 5) is 0.386. The lowest BCUT2D eigenvalue weighted by Gasteiger charge is -2.40. The lowest BCUT2D eigenvalue weighted by molar-refractivity contribution is -0.133. The molecule has 0 aromatic carbocycles. The van der Waals surface area contributed by atoms with Gasteiger partial charge in [-0.15, -0.1) is 0 Å². The minimum absolute atomic E-state index is 0.128. The van der Waals surface area contributed by atoms with Gasteiger partial charge in [0, 0.05) is 32.3 Å². The smallest absolute Gasteiger partial charge is 0.0963 e. The summed E-state index contributed by atoms with van der Waals surface area (Å²) in [6.07, 6.45) is 2.21. The second kappa shape index (κ2) is 11.0.